The first kappa shape index (κ1) is 17.3. The van der Waals surface area contributed by atoms with Gasteiger partial charge in [-0.25, -0.2) is 9.97 Å². The summed E-state index contributed by atoms with van der Waals surface area (Å²) >= 11 is 0. The lowest BCUT2D eigenvalue weighted by Crippen LogP contribution is -2.47. The number of ether oxygens (including phenoxy) is 1. The van der Waals surface area contributed by atoms with Gasteiger partial charge in [-0.15, -0.1) is 0 Å². The predicted molar refractivity (Wildman–Crippen MR) is 100 cm³/mol. The summed E-state index contributed by atoms with van der Waals surface area (Å²) in [4.78, 5) is 26.8. The maximum absolute atomic E-state index is 11.6. The van der Waals surface area contributed by atoms with Crippen molar-refractivity contribution in [3.8, 4) is 11.4 Å². The molecule has 0 saturated carbocycles. The zero-order chi connectivity index (χ0) is 18.8. The van der Waals surface area contributed by atoms with Gasteiger partial charge in [0.15, 0.2) is 11.5 Å². The van der Waals surface area contributed by atoms with Crippen molar-refractivity contribution in [1.82, 2.24) is 29.6 Å². The molecule has 4 heterocycles. The highest BCUT2D eigenvalue weighted by Gasteiger charge is 2.22. The Labute approximate surface area is 156 Å². The molecule has 3 aromatic rings. The highest BCUT2D eigenvalue weighted by Crippen LogP contribution is 2.24. The minimum atomic E-state index is -0.0915. The van der Waals surface area contributed by atoms with Crippen LogP contribution in [0.3, 0.4) is 0 Å². The number of nitrogens with zero attached hydrogens (tertiary/aromatic N) is 6. The van der Waals surface area contributed by atoms with E-state index < -0.39 is 0 Å². The number of anilines is 1. The molecule has 0 unspecified atom stereocenters. The van der Waals surface area contributed by atoms with Gasteiger partial charge in [0, 0.05) is 51.6 Å². The molecule has 9 nitrogen and oxygen atoms in total. The van der Waals surface area contributed by atoms with Crippen LogP contribution in [0.2, 0.25) is 0 Å². The predicted octanol–water partition coefficient (Wildman–Crippen LogP) is 1.08. The summed E-state index contributed by atoms with van der Waals surface area (Å²) in [5.74, 6) is 1.34. The third-order valence-electron chi connectivity index (χ3n) is 4.59. The van der Waals surface area contributed by atoms with E-state index in [0.29, 0.717) is 37.9 Å². The fourth-order valence-electron chi connectivity index (χ4n) is 3.12. The zero-order valence-corrected chi connectivity index (χ0v) is 15.3. The van der Waals surface area contributed by atoms with Crippen molar-refractivity contribution in [2.45, 2.75) is 13.0 Å². The second kappa shape index (κ2) is 7.28. The smallest absolute Gasteiger partial charge is 0.219 e. The van der Waals surface area contributed by atoms with Crippen LogP contribution < -0.4 is 5.32 Å². The number of carbonyl (C=O) groups excluding carboxylic acids is 1. The van der Waals surface area contributed by atoms with Gasteiger partial charge in [0.05, 0.1) is 24.3 Å². The molecule has 0 radical (unpaired) electrons. The van der Waals surface area contributed by atoms with Crippen LogP contribution in [0.25, 0.3) is 22.4 Å². The van der Waals surface area contributed by atoms with Crippen molar-refractivity contribution in [3.63, 3.8) is 0 Å². The van der Waals surface area contributed by atoms with E-state index in [1.165, 1.54) is 0 Å². The zero-order valence-electron chi connectivity index (χ0n) is 15.3. The Hall–Kier alpha value is -3.07. The molecule has 1 aliphatic rings. The number of hydrogen-bond acceptors (Lipinski definition) is 7. The summed E-state index contributed by atoms with van der Waals surface area (Å²) < 4.78 is 7.50. The molecule has 3 aromatic heterocycles. The Morgan fingerprint density at radius 3 is 3.04 bits per heavy atom. The van der Waals surface area contributed by atoms with Crippen LogP contribution in [-0.4, -0.2) is 67.9 Å². The Morgan fingerprint density at radius 1 is 1.37 bits per heavy atom. The molecule has 0 aromatic carbocycles. The summed E-state index contributed by atoms with van der Waals surface area (Å²) in [7, 11) is 1.85. The SMILES string of the molecule is CC(=O)N1CCO[C@@H](CNc2nc(-c3cccnc3)nc3c2cnn3C)C1. The molecule has 1 saturated heterocycles. The Kier molecular flexibility index (Phi) is 4.68. The first-order valence-corrected chi connectivity index (χ1v) is 8.83. The number of morpholine rings is 1. The lowest BCUT2D eigenvalue weighted by molar-refractivity contribution is -0.135. The number of hydrogen-bond donors (Lipinski definition) is 1. The molecule has 0 spiro atoms. The Balaban J connectivity index is 1.60. The minimum Gasteiger partial charge on any atom is -0.373 e. The van der Waals surface area contributed by atoms with Gasteiger partial charge in [-0.05, 0) is 12.1 Å². The average Bonchev–Trinajstić information content (AvgIpc) is 3.08. The number of aromatic nitrogens is 5. The maximum atomic E-state index is 11.6. The fraction of sp³-hybridized carbons (Fsp3) is 0.389. The van der Waals surface area contributed by atoms with Crippen LogP contribution in [-0.2, 0) is 16.6 Å². The quantitative estimate of drug-likeness (QED) is 0.737. The molecule has 1 atom stereocenters. The molecule has 1 amide bonds. The van der Waals surface area contributed by atoms with E-state index in [9.17, 15) is 4.79 Å². The number of aryl methyl sites for hydroxylation is 1. The fourth-order valence-corrected chi connectivity index (χ4v) is 3.12. The van der Waals surface area contributed by atoms with Gasteiger partial charge in [-0.2, -0.15) is 5.10 Å². The second-order valence-corrected chi connectivity index (χ2v) is 6.48. The van der Waals surface area contributed by atoms with E-state index in [1.54, 1.807) is 35.1 Å². The number of carbonyl (C=O) groups is 1. The van der Waals surface area contributed by atoms with Gasteiger partial charge in [0.1, 0.15) is 5.82 Å². The lowest BCUT2D eigenvalue weighted by atomic mass is 10.2. The van der Waals surface area contributed by atoms with Crippen molar-refractivity contribution < 1.29 is 9.53 Å². The Morgan fingerprint density at radius 2 is 2.26 bits per heavy atom. The molecule has 4 rings (SSSR count). The third kappa shape index (κ3) is 3.59. The molecular weight excluding hydrogens is 346 g/mol. The van der Waals surface area contributed by atoms with E-state index in [-0.39, 0.29) is 12.0 Å². The summed E-state index contributed by atoms with van der Waals surface area (Å²) in [5, 5.41) is 8.49. The third-order valence-corrected chi connectivity index (χ3v) is 4.59. The van der Waals surface area contributed by atoms with Crippen LogP contribution in [0.1, 0.15) is 6.92 Å². The molecular formula is C18H21N7O2. The largest absolute Gasteiger partial charge is 0.373 e. The maximum Gasteiger partial charge on any atom is 0.219 e. The van der Waals surface area contributed by atoms with E-state index >= 15 is 0 Å². The van der Waals surface area contributed by atoms with Gasteiger partial charge in [-0.3, -0.25) is 14.5 Å². The first-order chi connectivity index (χ1) is 13.1. The van der Waals surface area contributed by atoms with Gasteiger partial charge >= 0.3 is 0 Å². The molecule has 140 valence electrons. The molecule has 27 heavy (non-hydrogen) atoms. The van der Waals surface area contributed by atoms with Crippen LogP contribution >= 0.6 is 0 Å². The number of nitrogens with one attached hydrogen (secondary N) is 1. The van der Waals surface area contributed by atoms with Crippen LogP contribution in [0.15, 0.2) is 30.7 Å². The summed E-state index contributed by atoms with van der Waals surface area (Å²) in [6.45, 7) is 3.87. The monoisotopic (exact) mass is 367 g/mol. The van der Waals surface area contributed by atoms with Gasteiger partial charge < -0.3 is 15.0 Å². The highest BCUT2D eigenvalue weighted by molar-refractivity contribution is 5.88. The summed E-state index contributed by atoms with van der Waals surface area (Å²) in [5.41, 5.74) is 1.57. The van der Waals surface area contributed by atoms with E-state index in [0.717, 1.165) is 16.6 Å². The first-order valence-electron chi connectivity index (χ1n) is 8.83. The second-order valence-electron chi connectivity index (χ2n) is 6.48. The topological polar surface area (TPSA) is 98.1 Å². The minimum absolute atomic E-state index is 0.0684. The summed E-state index contributed by atoms with van der Waals surface area (Å²) in [6, 6.07) is 3.77. The van der Waals surface area contributed by atoms with Gasteiger partial charge in [0.2, 0.25) is 5.91 Å². The molecule has 1 aliphatic heterocycles. The van der Waals surface area contributed by atoms with Crippen molar-refractivity contribution in [3.05, 3.63) is 30.7 Å². The number of amides is 1. The molecule has 0 aliphatic carbocycles. The van der Waals surface area contributed by atoms with Crippen molar-refractivity contribution in [2.24, 2.45) is 7.05 Å². The number of pyridine rings is 1. The number of fused-ring (bicyclic) bond motifs is 1. The van der Waals surface area contributed by atoms with E-state index in [4.69, 9.17) is 4.74 Å². The van der Waals surface area contributed by atoms with Crippen LogP contribution in [0.4, 0.5) is 5.82 Å². The van der Waals surface area contributed by atoms with Crippen molar-refractivity contribution in [2.75, 3.05) is 31.6 Å². The van der Waals surface area contributed by atoms with Crippen LogP contribution in [0, 0.1) is 0 Å². The highest BCUT2D eigenvalue weighted by atomic mass is 16.5. The van der Waals surface area contributed by atoms with Crippen molar-refractivity contribution in [1.29, 1.82) is 0 Å². The molecule has 0 bridgehead atoms. The van der Waals surface area contributed by atoms with Gasteiger partial charge in [0.25, 0.3) is 0 Å². The summed E-state index contributed by atoms with van der Waals surface area (Å²) in [6.07, 6.45) is 5.10. The van der Waals surface area contributed by atoms with E-state index in [1.807, 2.05) is 19.2 Å². The van der Waals surface area contributed by atoms with Crippen LogP contribution in [0.5, 0.6) is 0 Å². The van der Waals surface area contributed by atoms with Crippen molar-refractivity contribution >= 4 is 22.8 Å². The average molecular weight is 367 g/mol. The Bertz CT molecular complexity index is 957. The standard InChI is InChI=1S/C18H21N7O2/c1-12(26)25-6-7-27-14(11-25)9-20-17-15-10-21-24(2)18(15)23-16(22-17)13-4-3-5-19-8-13/h3-5,8,10,14H,6-7,9,11H2,1-2H3,(H,20,22,23)/t14-/m0/s1. The number of rotatable bonds is 4. The van der Waals surface area contributed by atoms with Gasteiger partial charge in [-0.1, -0.05) is 0 Å². The lowest BCUT2D eigenvalue weighted by Gasteiger charge is -2.32. The molecule has 9 heteroatoms. The normalized spacial score (nSPS) is 17.3. The molecule has 1 fully saturated rings. The molecule has 1 N–H and O–H groups in total. The van der Waals surface area contributed by atoms with E-state index in [2.05, 4.69) is 25.4 Å².